The number of carbonyl (C=O) groups is 2. The lowest BCUT2D eigenvalue weighted by molar-refractivity contribution is -0.134. The third kappa shape index (κ3) is 6.71. The van der Waals surface area contributed by atoms with Crippen molar-refractivity contribution in [2.24, 2.45) is 0 Å². The minimum Gasteiger partial charge on any atom is -0.333 e. The van der Waals surface area contributed by atoms with Gasteiger partial charge in [-0.3, -0.25) is 9.59 Å². The van der Waals surface area contributed by atoms with Crippen molar-refractivity contribution in [1.82, 2.24) is 4.90 Å². The van der Waals surface area contributed by atoms with Crippen LogP contribution in [0.5, 0.6) is 0 Å². The average Bonchev–Trinajstić information content (AvgIpc) is 2.68. The second-order valence-electron chi connectivity index (χ2n) is 7.06. The number of carbonyl (C=O) groups excluding carboxylic acids is 2. The van der Waals surface area contributed by atoms with Crippen molar-refractivity contribution >= 4 is 27.3 Å². The molecule has 0 spiro atoms. The number of hydrogen-bond donors (Lipinski definition) is 1. The first-order chi connectivity index (χ1) is 13.7. The monoisotopic (exact) mass is 416 g/mol. The molecule has 7 heteroatoms. The third-order valence-electron chi connectivity index (χ3n) is 4.56. The Hall–Kier alpha value is -2.67. The van der Waals surface area contributed by atoms with Crippen LogP contribution in [0.15, 0.2) is 53.4 Å². The maximum atomic E-state index is 12.6. The number of benzene rings is 2. The first kappa shape index (κ1) is 22.6. The molecule has 2 amide bonds. The summed E-state index contributed by atoms with van der Waals surface area (Å²) >= 11 is 0. The number of nitrogens with zero attached hydrogens (tertiary/aromatic N) is 1. The Kier molecular flexibility index (Phi) is 7.96. The van der Waals surface area contributed by atoms with Gasteiger partial charge in [0.05, 0.1) is 17.2 Å². The molecule has 0 aliphatic rings. The van der Waals surface area contributed by atoms with Crippen LogP contribution in [0.3, 0.4) is 0 Å². The van der Waals surface area contributed by atoms with E-state index in [1.165, 1.54) is 4.90 Å². The van der Waals surface area contributed by atoms with Gasteiger partial charge in [-0.2, -0.15) is 0 Å². The predicted octanol–water partition coefficient (Wildman–Crippen LogP) is 3.34. The number of rotatable bonds is 9. The van der Waals surface area contributed by atoms with Crippen molar-refractivity contribution in [3.05, 3.63) is 59.7 Å². The number of anilines is 1. The molecule has 0 heterocycles. The second kappa shape index (κ2) is 10.2. The summed E-state index contributed by atoms with van der Waals surface area (Å²) in [6, 6.07) is 14.0. The van der Waals surface area contributed by atoms with E-state index in [0.717, 1.165) is 11.1 Å². The van der Waals surface area contributed by atoms with Gasteiger partial charge in [0.2, 0.25) is 11.8 Å². The normalized spacial score (nSPS) is 11.1. The van der Waals surface area contributed by atoms with E-state index in [1.54, 1.807) is 30.3 Å². The van der Waals surface area contributed by atoms with Crippen LogP contribution in [0.2, 0.25) is 0 Å². The van der Waals surface area contributed by atoms with E-state index in [0.29, 0.717) is 18.7 Å². The third-order valence-corrected chi connectivity index (χ3v) is 6.30. The number of para-hydroxylation sites is 1. The zero-order chi connectivity index (χ0) is 21.4. The van der Waals surface area contributed by atoms with E-state index in [1.807, 2.05) is 39.0 Å². The van der Waals surface area contributed by atoms with Crippen molar-refractivity contribution in [3.63, 3.8) is 0 Å². The Morgan fingerprint density at radius 3 is 2.28 bits per heavy atom. The van der Waals surface area contributed by atoms with Crippen LogP contribution in [-0.2, 0) is 19.4 Å². The van der Waals surface area contributed by atoms with Gasteiger partial charge in [-0.15, -0.1) is 0 Å². The van der Waals surface area contributed by atoms with Crippen LogP contribution < -0.4 is 5.32 Å². The molecule has 0 unspecified atom stereocenters. The predicted molar refractivity (Wildman–Crippen MR) is 115 cm³/mol. The largest absolute Gasteiger partial charge is 0.333 e. The van der Waals surface area contributed by atoms with Crippen molar-refractivity contribution in [1.29, 1.82) is 0 Å². The molecule has 29 heavy (non-hydrogen) atoms. The molecular formula is C22H28N2O4S. The summed E-state index contributed by atoms with van der Waals surface area (Å²) in [6.07, 6.45) is 0.516. The molecule has 2 aromatic rings. The lowest BCUT2D eigenvalue weighted by Crippen LogP contribution is -2.39. The summed E-state index contributed by atoms with van der Waals surface area (Å²) < 4.78 is 25.0. The highest BCUT2D eigenvalue weighted by atomic mass is 32.2. The molecule has 0 radical (unpaired) electrons. The van der Waals surface area contributed by atoms with Crippen LogP contribution in [0.1, 0.15) is 30.9 Å². The van der Waals surface area contributed by atoms with Gasteiger partial charge < -0.3 is 10.2 Å². The topological polar surface area (TPSA) is 83.6 Å². The Bertz CT molecular complexity index is 953. The lowest BCUT2D eigenvalue weighted by atomic mass is 10.2. The number of amides is 2. The SMILES string of the molecule is CCCN(CC(=O)Nc1ccccc1C)C(=O)CCS(=O)(=O)c1ccc(C)cc1. The number of sulfone groups is 1. The molecule has 6 nitrogen and oxygen atoms in total. The smallest absolute Gasteiger partial charge is 0.244 e. The maximum absolute atomic E-state index is 12.6. The fourth-order valence-electron chi connectivity index (χ4n) is 2.88. The summed E-state index contributed by atoms with van der Waals surface area (Å²) in [6.45, 7) is 5.96. The molecular weight excluding hydrogens is 388 g/mol. The van der Waals surface area contributed by atoms with Gasteiger partial charge in [0.25, 0.3) is 0 Å². The molecule has 0 atom stereocenters. The molecule has 0 saturated carbocycles. The minimum absolute atomic E-state index is 0.106. The zero-order valence-electron chi connectivity index (χ0n) is 17.1. The van der Waals surface area contributed by atoms with Gasteiger partial charge in [-0.1, -0.05) is 42.8 Å². The highest BCUT2D eigenvalue weighted by molar-refractivity contribution is 7.91. The van der Waals surface area contributed by atoms with Crippen LogP contribution in [0, 0.1) is 13.8 Å². The first-order valence-corrected chi connectivity index (χ1v) is 11.3. The summed E-state index contributed by atoms with van der Waals surface area (Å²) in [7, 11) is -3.55. The summed E-state index contributed by atoms with van der Waals surface area (Å²) in [5.74, 6) is -0.931. The van der Waals surface area contributed by atoms with Gasteiger partial charge in [-0.25, -0.2) is 8.42 Å². The van der Waals surface area contributed by atoms with Crippen LogP contribution in [0.25, 0.3) is 0 Å². The zero-order valence-corrected chi connectivity index (χ0v) is 18.0. The quantitative estimate of drug-likeness (QED) is 0.679. The molecule has 2 rings (SSSR count). The second-order valence-corrected chi connectivity index (χ2v) is 9.17. The highest BCUT2D eigenvalue weighted by Crippen LogP contribution is 2.15. The summed E-state index contributed by atoms with van der Waals surface area (Å²) in [5, 5.41) is 2.81. The molecule has 0 aliphatic carbocycles. The number of aryl methyl sites for hydroxylation is 2. The first-order valence-electron chi connectivity index (χ1n) is 9.65. The van der Waals surface area contributed by atoms with Crippen LogP contribution in [0.4, 0.5) is 5.69 Å². The van der Waals surface area contributed by atoms with Gasteiger partial charge >= 0.3 is 0 Å². The van der Waals surface area contributed by atoms with Gasteiger partial charge in [0, 0.05) is 18.7 Å². The van der Waals surface area contributed by atoms with E-state index in [-0.39, 0.29) is 35.4 Å². The molecule has 156 valence electrons. The van der Waals surface area contributed by atoms with E-state index in [4.69, 9.17) is 0 Å². The van der Waals surface area contributed by atoms with Crippen LogP contribution >= 0.6 is 0 Å². The van der Waals surface area contributed by atoms with E-state index in [9.17, 15) is 18.0 Å². The van der Waals surface area contributed by atoms with Crippen molar-refractivity contribution in [2.45, 2.75) is 38.5 Å². The van der Waals surface area contributed by atoms with E-state index < -0.39 is 9.84 Å². The van der Waals surface area contributed by atoms with Crippen molar-refractivity contribution in [3.8, 4) is 0 Å². The Labute approximate surface area is 172 Å². The standard InChI is InChI=1S/C22H28N2O4S/c1-4-14-24(16-21(25)23-20-8-6-5-7-18(20)3)22(26)13-15-29(27,28)19-11-9-17(2)10-12-19/h5-12H,4,13-16H2,1-3H3,(H,23,25). The fraction of sp³-hybridized carbons (Fsp3) is 0.364. The summed E-state index contributed by atoms with van der Waals surface area (Å²) in [4.78, 5) is 26.6. The van der Waals surface area contributed by atoms with Gasteiger partial charge in [0.1, 0.15) is 0 Å². The molecule has 2 aromatic carbocycles. The van der Waals surface area contributed by atoms with E-state index in [2.05, 4.69) is 5.32 Å². The van der Waals surface area contributed by atoms with Crippen molar-refractivity contribution in [2.75, 3.05) is 24.2 Å². The average molecular weight is 417 g/mol. The van der Waals surface area contributed by atoms with Gasteiger partial charge in [-0.05, 0) is 44.0 Å². The maximum Gasteiger partial charge on any atom is 0.244 e. The molecule has 1 N–H and O–H groups in total. The van der Waals surface area contributed by atoms with Crippen LogP contribution in [-0.4, -0.2) is 44.0 Å². The number of nitrogens with one attached hydrogen (secondary N) is 1. The van der Waals surface area contributed by atoms with Gasteiger partial charge in [0.15, 0.2) is 9.84 Å². The Morgan fingerprint density at radius 2 is 1.66 bits per heavy atom. The Balaban J connectivity index is 1.98. The molecule has 0 fully saturated rings. The molecule has 0 aromatic heterocycles. The fourth-order valence-corrected chi connectivity index (χ4v) is 4.11. The summed E-state index contributed by atoms with van der Waals surface area (Å²) in [5.41, 5.74) is 2.59. The number of hydrogen-bond acceptors (Lipinski definition) is 4. The molecule has 0 aliphatic heterocycles. The molecule has 0 bridgehead atoms. The Morgan fingerprint density at radius 1 is 1.00 bits per heavy atom. The molecule has 0 saturated heterocycles. The van der Waals surface area contributed by atoms with E-state index >= 15 is 0 Å². The lowest BCUT2D eigenvalue weighted by Gasteiger charge is -2.22. The minimum atomic E-state index is -3.55. The highest BCUT2D eigenvalue weighted by Gasteiger charge is 2.21. The van der Waals surface area contributed by atoms with Crippen molar-refractivity contribution < 1.29 is 18.0 Å².